The largest absolute Gasteiger partial charge is 0.390 e. The number of aliphatic hydroxyl groups excluding tert-OH is 2. The number of aliphatic hydroxyl groups is 2. The minimum atomic E-state index is -1.19. The van der Waals surface area contributed by atoms with Crippen molar-refractivity contribution in [3.8, 4) is 0 Å². The predicted octanol–water partition coefficient (Wildman–Crippen LogP) is 4.18. The number of fused-ring (bicyclic) bond motifs is 1. The molecule has 0 radical (unpaired) electrons. The Morgan fingerprint density at radius 3 is 2.39 bits per heavy atom. The van der Waals surface area contributed by atoms with Gasteiger partial charge in [0.05, 0.1) is 12.0 Å². The zero-order valence-corrected chi connectivity index (χ0v) is 19.3. The Morgan fingerprint density at radius 2 is 1.74 bits per heavy atom. The van der Waals surface area contributed by atoms with E-state index in [9.17, 15) is 15.0 Å². The molecule has 2 aliphatic carbocycles. The van der Waals surface area contributed by atoms with Crippen LogP contribution in [0.25, 0.3) is 0 Å². The molecule has 0 bridgehead atoms. The van der Waals surface area contributed by atoms with Gasteiger partial charge in [-0.1, -0.05) is 64.3 Å². The van der Waals surface area contributed by atoms with E-state index in [1.54, 1.807) is 6.92 Å². The summed E-state index contributed by atoms with van der Waals surface area (Å²) in [7, 11) is 0. The Bertz CT molecular complexity index is 836. The van der Waals surface area contributed by atoms with Crippen molar-refractivity contribution in [1.82, 2.24) is 0 Å². The van der Waals surface area contributed by atoms with Crippen molar-refractivity contribution in [2.75, 3.05) is 11.5 Å². The second-order valence-corrected chi connectivity index (χ2v) is 10.3. The van der Waals surface area contributed by atoms with Crippen LogP contribution < -0.4 is 4.90 Å². The van der Waals surface area contributed by atoms with Gasteiger partial charge in [-0.15, -0.1) is 0 Å². The van der Waals surface area contributed by atoms with Gasteiger partial charge in [-0.05, 0) is 31.4 Å². The maximum Gasteiger partial charge on any atom is 0.171 e. The lowest BCUT2D eigenvalue weighted by atomic mass is 9.75. The first-order valence-corrected chi connectivity index (χ1v) is 11.9. The number of anilines is 1. The number of Topliss-reactive ketones (excluding diaryl/α,β-unsaturated/α-hetero) is 1. The molecule has 5 unspecified atom stereocenters. The van der Waals surface area contributed by atoms with E-state index in [4.69, 9.17) is 4.74 Å². The molecule has 2 N–H and O–H groups in total. The zero-order valence-electron chi connectivity index (χ0n) is 19.3. The highest BCUT2D eigenvalue weighted by molar-refractivity contribution is 5.91. The molecule has 0 saturated heterocycles. The van der Waals surface area contributed by atoms with Crippen LogP contribution in [-0.2, 0) is 9.53 Å². The Morgan fingerprint density at radius 1 is 1.06 bits per heavy atom. The highest BCUT2D eigenvalue weighted by Gasteiger charge is 2.53. The molecular weight excluding hydrogens is 390 g/mol. The van der Waals surface area contributed by atoms with E-state index in [-0.39, 0.29) is 17.1 Å². The number of rotatable bonds is 4. The van der Waals surface area contributed by atoms with Gasteiger partial charge in [-0.3, -0.25) is 4.79 Å². The van der Waals surface area contributed by atoms with Crippen LogP contribution in [0.3, 0.4) is 0 Å². The molecule has 3 aliphatic rings. The molecule has 1 heterocycles. The molecule has 0 amide bonds. The molecule has 0 spiro atoms. The number of benzene rings is 1. The fourth-order valence-corrected chi connectivity index (χ4v) is 5.77. The van der Waals surface area contributed by atoms with E-state index in [0.717, 1.165) is 11.3 Å². The van der Waals surface area contributed by atoms with Crippen LogP contribution in [0.15, 0.2) is 36.0 Å². The Balaban J connectivity index is 1.81. The van der Waals surface area contributed by atoms with Crippen molar-refractivity contribution in [1.29, 1.82) is 0 Å². The third-order valence-corrected chi connectivity index (χ3v) is 7.23. The van der Waals surface area contributed by atoms with Crippen molar-refractivity contribution in [3.05, 3.63) is 41.6 Å². The highest BCUT2D eigenvalue weighted by Crippen LogP contribution is 2.50. The number of carbonyl (C=O) groups excluding carboxylic acids is 1. The summed E-state index contributed by atoms with van der Waals surface area (Å²) in [6.07, 6.45) is 5.03. The summed E-state index contributed by atoms with van der Waals surface area (Å²) in [4.78, 5) is 15.8. The van der Waals surface area contributed by atoms with Gasteiger partial charge in [0.2, 0.25) is 0 Å². The summed E-state index contributed by atoms with van der Waals surface area (Å²) in [6.45, 7) is 8.77. The summed E-state index contributed by atoms with van der Waals surface area (Å²) in [6, 6.07) is 8.74. The first-order chi connectivity index (χ1) is 14.8. The quantitative estimate of drug-likeness (QED) is 0.754. The Kier molecular flexibility index (Phi) is 6.30. The van der Waals surface area contributed by atoms with E-state index in [1.165, 1.54) is 37.8 Å². The lowest BCUT2D eigenvalue weighted by molar-refractivity contribution is -0.133. The molecule has 31 heavy (non-hydrogen) atoms. The van der Waals surface area contributed by atoms with Crippen LogP contribution in [0.5, 0.6) is 0 Å². The van der Waals surface area contributed by atoms with Gasteiger partial charge in [0.25, 0.3) is 0 Å². The summed E-state index contributed by atoms with van der Waals surface area (Å²) >= 11 is 0. The standard InChI is InChI=1S/C26H37NO4/c1-5-31-25-23(29)21(22(28)24(25)30)18-15-20(26(2,3)4)27(16-11-7-6-8-12-16)19-14-10-9-13-17(18)19/h9-10,13-16,18,21-22,24-25,28,30H,5-8,11-12H2,1-4H3. The molecule has 5 heteroatoms. The third kappa shape index (κ3) is 3.96. The molecule has 4 rings (SSSR count). The van der Waals surface area contributed by atoms with E-state index < -0.39 is 24.2 Å². The normalized spacial score (nSPS) is 32.2. The first kappa shape index (κ1) is 22.5. The lowest BCUT2D eigenvalue weighted by Crippen LogP contribution is -2.44. The summed E-state index contributed by atoms with van der Waals surface area (Å²) in [5.41, 5.74) is 3.29. The first-order valence-electron chi connectivity index (χ1n) is 11.9. The number of ketones is 1. The van der Waals surface area contributed by atoms with E-state index >= 15 is 0 Å². The fourth-order valence-electron chi connectivity index (χ4n) is 5.77. The van der Waals surface area contributed by atoms with E-state index in [1.807, 2.05) is 6.07 Å². The van der Waals surface area contributed by atoms with Gasteiger partial charge in [0, 0.05) is 35.4 Å². The SMILES string of the molecule is CCOC1C(=O)C(C2C=C(C(C)(C)C)N(C3CCCCC3)c3ccccc32)C(O)C1O. The van der Waals surface area contributed by atoms with Crippen molar-refractivity contribution in [2.45, 2.75) is 90.1 Å². The summed E-state index contributed by atoms with van der Waals surface area (Å²) in [5.74, 6) is -1.19. The van der Waals surface area contributed by atoms with Crippen LogP contribution >= 0.6 is 0 Å². The number of nitrogens with zero attached hydrogens (tertiary/aromatic N) is 1. The van der Waals surface area contributed by atoms with Gasteiger partial charge in [0.1, 0.15) is 12.2 Å². The maximum absolute atomic E-state index is 13.3. The minimum Gasteiger partial charge on any atom is -0.390 e. The average molecular weight is 428 g/mol. The van der Waals surface area contributed by atoms with Crippen LogP contribution in [0.1, 0.15) is 71.3 Å². The molecule has 0 aromatic heterocycles. The molecule has 170 valence electrons. The van der Waals surface area contributed by atoms with Gasteiger partial charge >= 0.3 is 0 Å². The minimum absolute atomic E-state index is 0.117. The van der Waals surface area contributed by atoms with E-state index in [0.29, 0.717) is 12.6 Å². The van der Waals surface area contributed by atoms with Crippen LogP contribution in [-0.4, -0.2) is 47.0 Å². The lowest BCUT2D eigenvalue weighted by Gasteiger charge is -2.47. The smallest absolute Gasteiger partial charge is 0.171 e. The van der Waals surface area contributed by atoms with E-state index in [2.05, 4.69) is 49.9 Å². The number of hydrogen-bond acceptors (Lipinski definition) is 5. The zero-order chi connectivity index (χ0) is 22.3. The molecule has 1 aromatic carbocycles. The second-order valence-electron chi connectivity index (χ2n) is 10.3. The van der Waals surface area contributed by atoms with Crippen LogP contribution in [0.2, 0.25) is 0 Å². The third-order valence-electron chi connectivity index (χ3n) is 7.23. The summed E-state index contributed by atoms with van der Waals surface area (Å²) in [5, 5.41) is 21.5. The average Bonchev–Trinajstić information content (AvgIpc) is 2.96. The van der Waals surface area contributed by atoms with Crippen molar-refractivity contribution >= 4 is 11.5 Å². The molecule has 1 aromatic rings. The van der Waals surface area contributed by atoms with Gasteiger partial charge < -0.3 is 19.8 Å². The fraction of sp³-hybridized carbons (Fsp3) is 0.654. The molecule has 1 aliphatic heterocycles. The maximum atomic E-state index is 13.3. The molecule has 5 nitrogen and oxygen atoms in total. The van der Waals surface area contributed by atoms with Crippen molar-refractivity contribution < 1.29 is 19.7 Å². The highest BCUT2D eigenvalue weighted by atomic mass is 16.5. The number of hydrogen-bond donors (Lipinski definition) is 2. The van der Waals surface area contributed by atoms with Crippen LogP contribution in [0.4, 0.5) is 5.69 Å². The van der Waals surface area contributed by atoms with Crippen molar-refractivity contribution in [3.63, 3.8) is 0 Å². The molecule has 5 atom stereocenters. The van der Waals surface area contributed by atoms with Gasteiger partial charge in [-0.2, -0.15) is 0 Å². The number of allylic oxidation sites excluding steroid dienone is 2. The Hall–Kier alpha value is -1.69. The number of para-hydroxylation sites is 1. The van der Waals surface area contributed by atoms with Gasteiger partial charge in [-0.25, -0.2) is 0 Å². The second kappa shape index (κ2) is 8.68. The monoisotopic (exact) mass is 427 g/mol. The van der Waals surface area contributed by atoms with Gasteiger partial charge in [0.15, 0.2) is 5.78 Å². The molecular formula is C26H37NO4. The summed E-state index contributed by atoms with van der Waals surface area (Å²) < 4.78 is 5.53. The number of ether oxygens (including phenoxy) is 1. The molecule has 2 saturated carbocycles. The van der Waals surface area contributed by atoms with Crippen molar-refractivity contribution in [2.24, 2.45) is 11.3 Å². The topological polar surface area (TPSA) is 70.0 Å². The predicted molar refractivity (Wildman–Crippen MR) is 122 cm³/mol. The van der Waals surface area contributed by atoms with Crippen LogP contribution in [0, 0.1) is 11.3 Å². The Labute approximate surface area is 186 Å². The molecule has 2 fully saturated rings. The number of carbonyl (C=O) groups is 1.